The summed E-state index contributed by atoms with van der Waals surface area (Å²) in [5.41, 5.74) is 2.49. The SMILES string of the molecule is Cc1ccc(CC(=O)N=C2S[C@@H]3CS(=O)(=O)C[C@H]3N2c2c(Cl)cccc2Cl)cc1. The third-order valence-electron chi connectivity index (χ3n) is 4.94. The molecule has 5 nitrogen and oxygen atoms in total. The van der Waals surface area contributed by atoms with Crippen LogP contribution in [0.4, 0.5) is 5.69 Å². The Morgan fingerprint density at radius 3 is 2.45 bits per heavy atom. The highest BCUT2D eigenvalue weighted by Crippen LogP contribution is 2.45. The monoisotopic (exact) mass is 468 g/mol. The van der Waals surface area contributed by atoms with Crippen molar-refractivity contribution in [3.8, 4) is 0 Å². The zero-order chi connectivity index (χ0) is 20.8. The predicted molar refractivity (Wildman–Crippen MR) is 120 cm³/mol. The number of rotatable bonds is 3. The van der Waals surface area contributed by atoms with Gasteiger partial charge in [-0.25, -0.2) is 8.42 Å². The maximum atomic E-state index is 12.6. The quantitative estimate of drug-likeness (QED) is 0.676. The van der Waals surface area contributed by atoms with E-state index in [1.807, 2.05) is 31.2 Å². The van der Waals surface area contributed by atoms with Crippen molar-refractivity contribution in [2.45, 2.75) is 24.6 Å². The Bertz CT molecular complexity index is 1080. The molecule has 0 N–H and O–H groups in total. The van der Waals surface area contributed by atoms with E-state index in [1.165, 1.54) is 11.8 Å². The molecule has 0 aromatic heterocycles. The predicted octanol–water partition coefficient (Wildman–Crippen LogP) is 4.15. The summed E-state index contributed by atoms with van der Waals surface area (Å²) < 4.78 is 24.4. The topological polar surface area (TPSA) is 66.8 Å². The van der Waals surface area contributed by atoms with Gasteiger partial charge >= 0.3 is 0 Å². The molecule has 1 amide bonds. The van der Waals surface area contributed by atoms with Gasteiger partial charge in [0.2, 0.25) is 0 Å². The lowest BCUT2D eigenvalue weighted by atomic mass is 10.1. The molecule has 0 aliphatic carbocycles. The van der Waals surface area contributed by atoms with Crippen LogP contribution in [0.2, 0.25) is 10.0 Å². The van der Waals surface area contributed by atoms with Gasteiger partial charge < -0.3 is 4.90 Å². The van der Waals surface area contributed by atoms with Crippen molar-refractivity contribution in [1.29, 1.82) is 0 Å². The number of sulfone groups is 1. The first-order valence-corrected chi connectivity index (χ1v) is 12.5. The number of aryl methyl sites for hydroxylation is 1. The second-order valence-electron chi connectivity index (χ2n) is 7.19. The Hall–Kier alpha value is -1.54. The van der Waals surface area contributed by atoms with E-state index < -0.39 is 9.84 Å². The standard InChI is InChI=1S/C20H18Cl2N2O3S2/c1-12-5-7-13(8-6-12)9-18(25)23-20-24(19-14(21)3-2-4-15(19)22)16-10-29(26,27)11-17(16)28-20/h2-8,16-17H,9-11H2,1H3/t16-,17-/m1/s1. The number of anilines is 1. The summed E-state index contributed by atoms with van der Waals surface area (Å²) in [5, 5.41) is 1.02. The van der Waals surface area contributed by atoms with E-state index in [4.69, 9.17) is 23.2 Å². The first-order valence-electron chi connectivity index (χ1n) is 9.01. The van der Waals surface area contributed by atoms with Gasteiger partial charge in [-0.2, -0.15) is 4.99 Å². The first kappa shape index (κ1) is 20.7. The number of nitrogens with zero attached hydrogens (tertiary/aromatic N) is 2. The third-order valence-corrected chi connectivity index (χ3v) is 8.76. The minimum atomic E-state index is -3.17. The summed E-state index contributed by atoms with van der Waals surface area (Å²) in [7, 11) is -3.17. The summed E-state index contributed by atoms with van der Waals surface area (Å²) >= 11 is 14.1. The highest BCUT2D eigenvalue weighted by atomic mass is 35.5. The highest BCUT2D eigenvalue weighted by Gasteiger charge is 2.50. The molecule has 0 unspecified atom stereocenters. The average molecular weight is 469 g/mol. The number of carbonyl (C=O) groups is 1. The molecule has 2 fully saturated rings. The maximum absolute atomic E-state index is 12.6. The summed E-state index contributed by atoms with van der Waals surface area (Å²) in [6.07, 6.45) is 0.169. The molecule has 0 bridgehead atoms. The van der Waals surface area contributed by atoms with Crippen molar-refractivity contribution in [2.24, 2.45) is 4.99 Å². The highest BCUT2D eigenvalue weighted by molar-refractivity contribution is 8.16. The number of para-hydroxylation sites is 1. The summed E-state index contributed by atoms with van der Waals surface area (Å²) in [6.45, 7) is 1.99. The van der Waals surface area contributed by atoms with Crippen LogP contribution in [0, 0.1) is 6.92 Å². The molecule has 2 saturated heterocycles. The van der Waals surface area contributed by atoms with Crippen LogP contribution in [0.25, 0.3) is 0 Å². The van der Waals surface area contributed by atoms with E-state index in [-0.39, 0.29) is 35.1 Å². The van der Waals surface area contributed by atoms with E-state index in [9.17, 15) is 13.2 Å². The largest absolute Gasteiger partial charge is 0.313 e. The lowest BCUT2D eigenvalue weighted by Gasteiger charge is -2.26. The Labute approximate surface area is 184 Å². The Kier molecular flexibility index (Phi) is 5.68. The van der Waals surface area contributed by atoms with Crippen molar-refractivity contribution in [2.75, 3.05) is 16.4 Å². The molecule has 2 aliphatic heterocycles. The van der Waals surface area contributed by atoms with E-state index in [0.717, 1.165) is 11.1 Å². The van der Waals surface area contributed by atoms with Gasteiger partial charge in [0.05, 0.1) is 39.7 Å². The van der Waals surface area contributed by atoms with Crippen molar-refractivity contribution >= 4 is 61.6 Å². The van der Waals surface area contributed by atoms with Gasteiger partial charge in [0.25, 0.3) is 5.91 Å². The number of aliphatic imine (C=N–C) groups is 1. The van der Waals surface area contributed by atoms with Gasteiger partial charge in [-0.1, -0.05) is 70.9 Å². The molecule has 0 radical (unpaired) electrons. The van der Waals surface area contributed by atoms with Crippen molar-refractivity contribution < 1.29 is 13.2 Å². The van der Waals surface area contributed by atoms with Gasteiger partial charge in [-0.15, -0.1) is 0 Å². The molecule has 2 aliphatic rings. The second-order valence-corrected chi connectivity index (χ2v) is 11.4. The molecule has 0 spiro atoms. The number of carbonyl (C=O) groups excluding carboxylic acids is 1. The minimum Gasteiger partial charge on any atom is -0.313 e. The fourth-order valence-corrected chi connectivity index (χ4v) is 8.07. The molecule has 29 heavy (non-hydrogen) atoms. The average Bonchev–Trinajstić information content (AvgIpc) is 3.09. The lowest BCUT2D eigenvalue weighted by Crippen LogP contribution is -2.38. The number of amidine groups is 1. The zero-order valence-electron chi connectivity index (χ0n) is 15.5. The fraction of sp³-hybridized carbons (Fsp3) is 0.300. The van der Waals surface area contributed by atoms with Gasteiger partial charge in [-0.05, 0) is 24.6 Å². The second kappa shape index (κ2) is 7.95. The Morgan fingerprint density at radius 1 is 1.14 bits per heavy atom. The van der Waals surface area contributed by atoms with Crippen LogP contribution in [0.15, 0.2) is 47.5 Å². The van der Waals surface area contributed by atoms with Gasteiger partial charge in [0.1, 0.15) is 0 Å². The van der Waals surface area contributed by atoms with Crippen LogP contribution in [0.5, 0.6) is 0 Å². The maximum Gasteiger partial charge on any atom is 0.252 e. The molecule has 2 heterocycles. The molecular weight excluding hydrogens is 451 g/mol. The van der Waals surface area contributed by atoms with Crippen molar-refractivity contribution in [3.05, 3.63) is 63.6 Å². The Morgan fingerprint density at radius 2 is 1.79 bits per heavy atom. The van der Waals surface area contributed by atoms with Crippen LogP contribution >= 0.6 is 35.0 Å². The van der Waals surface area contributed by atoms with Gasteiger partial charge in [-0.3, -0.25) is 4.79 Å². The first-order chi connectivity index (χ1) is 13.7. The van der Waals surface area contributed by atoms with E-state index in [1.54, 1.807) is 23.1 Å². The van der Waals surface area contributed by atoms with Gasteiger partial charge in [0.15, 0.2) is 15.0 Å². The molecule has 9 heteroatoms. The minimum absolute atomic E-state index is 0.0165. The number of hydrogen-bond acceptors (Lipinski definition) is 4. The smallest absolute Gasteiger partial charge is 0.252 e. The van der Waals surface area contributed by atoms with Crippen LogP contribution in [0.3, 0.4) is 0 Å². The van der Waals surface area contributed by atoms with E-state index in [2.05, 4.69) is 4.99 Å². The normalized spacial score (nSPS) is 24.1. The number of halogens is 2. The fourth-order valence-electron chi connectivity index (χ4n) is 3.57. The molecule has 2 aromatic carbocycles. The third kappa shape index (κ3) is 4.33. The number of fused-ring (bicyclic) bond motifs is 1. The van der Waals surface area contributed by atoms with Gasteiger partial charge in [0, 0.05) is 5.25 Å². The molecule has 4 rings (SSSR count). The number of thioether (sulfide) groups is 1. The summed E-state index contributed by atoms with van der Waals surface area (Å²) in [5.74, 6) is -0.268. The Balaban J connectivity index is 1.69. The van der Waals surface area contributed by atoms with Crippen LogP contribution in [-0.4, -0.2) is 42.3 Å². The molecule has 2 atom stereocenters. The molecular formula is C20H18Cl2N2O3S2. The van der Waals surface area contributed by atoms with Crippen LogP contribution < -0.4 is 4.90 Å². The number of amides is 1. The number of hydrogen-bond donors (Lipinski definition) is 0. The summed E-state index contributed by atoms with van der Waals surface area (Å²) in [4.78, 5) is 18.7. The zero-order valence-corrected chi connectivity index (χ0v) is 18.7. The van der Waals surface area contributed by atoms with Crippen LogP contribution in [0.1, 0.15) is 11.1 Å². The number of benzene rings is 2. The van der Waals surface area contributed by atoms with Crippen LogP contribution in [-0.2, 0) is 21.1 Å². The molecule has 0 saturated carbocycles. The molecule has 152 valence electrons. The summed E-state index contributed by atoms with van der Waals surface area (Å²) in [6, 6.07) is 12.5. The van der Waals surface area contributed by atoms with E-state index in [0.29, 0.717) is 20.9 Å². The molecule has 2 aromatic rings. The van der Waals surface area contributed by atoms with Crippen molar-refractivity contribution in [1.82, 2.24) is 0 Å². The lowest BCUT2D eigenvalue weighted by molar-refractivity contribution is -0.117. The van der Waals surface area contributed by atoms with E-state index >= 15 is 0 Å². The van der Waals surface area contributed by atoms with Crippen molar-refractivity contribution in [3.63, 3.8) is 0 Å².